The molecule has 10 N–H and O–H groups in total. The van der Waals surface area contributed by atoms with Gasteiger partial charge in [-0.2, -0.15) is 11.8 Å². The summed E-state index contributed by atoms with van der Waals surface area (Å²) in [7, 11) is 0. The number of rotatable bonds is 32. The van der Waals surface area contributed by atoms with Crippen molar-refractivity contribution in [3.05, 3.63) is 83.7 Å². The third-order valence-electron chi connectivity index (χ3n) is 12.4. The van der Waals surface area contributed by atoms with E-state index in [-0.39, 0.29) is 81.6 Å². The summed E-state index contributed by atoms with van der Waals surface area (Å²) in [5.74, 6) is -11.2. The normalized spacial score (nSPS) is 14.7. The molecule has 4 rings (SSSR count). The Kier molecular flexibility index (Phi) is 24.7. The van der Waals surface area contributed by atoms with E-state index in [1.807, 2.05) is 55.7 Å². The van der Waals surface area contributed by atoms with Crippen molar-refractivity contribution in [2.24, 2.45) is 11.1 Å². The van der Waals surface area contributed by atoms with Gasteiger partial charge >= 0.3 is 17.9 Å². The van der Waals surface area contributed by atoms with E-state index in [4.69, 9.17) is 15.7 Å². The van der Waals surface area contributed by atoms with E-state index < -0.39 is 131 Å². The molecule has 24 nitrogen and oxygen atoms in total. The number of primary amides is 1. The molecule has 8 amide bonds. The number of imide groups is 1. The molecule has 1 aromatic heterocycles. The maximum atomic E-state index is 15.4. The number of benzene rings is 2. The van der Waals surface area contributed by atoms with Crippen LogP contribution in [0.4, 0.5) is 8.78 Å². The second kappa shape index (κ2) is 30.5. The number of aliphatic hydroxyl groups excluding tert-OH is 1. The van der Waals surface area contributed by atoms with Crippen LogP contribution < -0.4 is 32.3 Å². The molecule has 2 aromatic carbocycles. The summed E-state index contributed by atoms with van der Waals surface area (Å²) in [4.78, 5) is 143. The number of hydrogen-bond acceptors (Lipinski definition) is 15. The van der Waals surface area contributed by atoms with Crippen molar-refractivity contribution in [1.82, 2.24) is 41.1 Å². The largest absolute Gasteiger partial charge is 0.481 e. The quantitative estimate of drug-likeness (QED) is 0.0245. The first-order valence-electron chi connectivity index (χ1n) is 25.6. The summed E-state index contributed by atoms with van der Waals surface area (Å²) >= 11 is 1.04. The van der Waals surface area contributed by atoms with Crippen LogP contribution in [0.3, 0.4) is 0 Å². The van der Waals surface area contributed by atoms with Gasteiger partial charge in [-0.25, -0.2) is 18.4 Å². The molecule has 0 radical (unpaired) electrons. The van der Waals surface area contributed by atoms with Crippen molar-refractivity contribution in [1.29, 1.82) is 0 Å². The molecule has 0 saturated carbocycles. The van der Waals surface area contributed by atoms with E-state index in [1.54, 1.807) is 17.2 Å². The zero-order valence-corrected chi connectivity index (χ0v) is 45.8. The van der Waals surface area contributed by atoms with Crippen LogP contribution in [0.2, 0.25) is 0 Å². The van der Waals surface area contributed by atoms with Crippen molar-refractivity contribution >= 4 is 76.9 Å². The second-order valence-electron chi connectivity index (χ2n) is 20.1. The van der Waals surface area contributed by atoms with Gasteiger partial charge in [-0.1, -0.05) is 51.1 Å². The molecule has 1 aliphatic rings. The molecule has 0 aliphatic carbocycles. The van der Waals surface area contributed by atoms with Gasteiger partial charge in [0.15, 0.2) is 0 Å². The van der Waals surface area contributed by atoms with Crippen LogP contribution in [-0.4, -0.2) is 150 Å². The second-order valence-corrected chi connectivity index (χ2v) is 21.2. The number of hydroxylamine groups is 2. The third-order valence-corrected chi connectivity index (χ3v) is 13.3. The minimum absolute atomic E-state index is 0.0160. The van der Waals surface area contributed by atoms with Gasteiger partial charge < -0.3 is 56.6 Å². The van der Waals surface area contributed by atoms with E-state index >= 15 is 4.39 Å². The molecule has 1 saturated heterocycles. The molecule has 2 heterocycles. The van der Waals surface area contributed by atoms with Crippen LogP contribution in [0.5, 0.6) is 0 Å². The van der Waals surface area contributed by atoms with E-state index in [0.29, 0.717) is 16.3 Å². The summed E-state index contributed by atoms with van der Waals surface area (Å²) in [6.45, 7) is 8.43. The predicted octanol–water partition coefficient (Wildman–Crippen LogP) is 2.01. The van der Waals surface area contributed by atoms with Crippen molar-refractivity contribution < 1.29 is 81.7 Å². The molecule has 1 aliphatic heterocycles. The number of carbonyl (C=O) groups excluding carboxylic acids is 9. The molecule has 0 spiro atoms. The number of carbonyl (C=O) groups is 11. The summed E-state index contributed by atoms with van der Waals surface area (Å²) in [5.41, 5.74) is 6.33. The fourth-order valence-corrected chi connectivity index (χ4v) is 9.24. The lowest BCUT2D eigenvalue weighted by molar-refractivity contribution is -0.197. The number of carboxylic acids is 2. The average Bonchev–Trinajstić information content (AvgIpc) is 3.95. The highest BCUT2D eigenvalue weighted by Crippen LogP contribution is 2.41. The van der Waals surface area contributed by atoms with E-state index in [9.17, 15) is 67.3 Å². The van der Waals surface area contributed by atoms with Gasteiger partial charge in [0.25, 0.3) is 11.8 Å². The predicted molar refractivity (Wildman–Crippen MR) is 284 cm³/mol. The first-order valence-corrected chi connectivity index (χ1v) is 26.8. The van der Waals surface area contributed by atoms with Gasteiger partial charge in [0.1, 0.15) is 29.9 Å². The number of aliphatic hydroxyl groups is 1. The Morgan fingerprint density at radius 2 is 1.49 bits per heavy atom. The minimum Gasteiger partial charge on any atom is -0.481 e. The number of hydrogen-bond donors (Lipinski definition) is 9. The smallest absolute Gasteiger partial charge is 0.333 e. The molecule has 6 atom stereocenters. The lowest BCUT2D eigenvalue weighted by atomic mass is 9.83. The zero-order valence-electron chi connectivity index (χ0n) is 45.0. The standard InChI is InChI=1S/C53H69F2N9O15S/c1-30(58-41(66)13-9-14-47(73)79-64-43(68)17-18-44(64)69)49(74)59-31(2)50(75)61-37(25-40(56)65)51(76)57-20-10-21-63(45(70)29-80-22-19-42(67)60-38(52(77)78)26-46(71)72)48(53(3,4)5)39-23-33(35-24-34(54)15-16-36(35)55)28-62(39)27-32-11-7-6-8-12-32/h6-8,11-12,15-16,23-24,28,30-31,37-38,48-49,59,74H,9-10,13-14,17-22,25-27,29H2,1-5H3,(H2,56,65)(H,57,76)(H,58,66)(H,60,67)(H,61,75)(H,71,72)(H,77,78)/t30-,31+,37-,38+,48-,49?/m0/s1. The molecular formula is C53H69F2N9O15S. The van der Waals surface area contributed by atoms with Gasteiger partial charge in [0.2, 0.25) is 35.4 Å². The Labute approximate surface area is 464 Å². The molecule has 436 valence electrons. The summed E-state index contributed by atoms with van der Waals surface area (Å²) < 4.78 is 31.9. The fourth-order valence-electron chi connectivity index (χ4n) is 8.43. The zero-order chi connectivity index (χ0) is 59.4. The number of halogens is 2. The Morgan fingerprint density at radius 1 is 0.825 bits per heavy atom. The van der Waals surface area contributed by atoms with Gasteiger partial charge in [-0.3, -0.25) is 48.5 Å². The van der Waals surface area contributed by atoms with Crippen LogP contribution in [0.1, 0.15) is 110 Å². The summed E-state index contributed by atoms with van der Waals surface area (Å²) in [6, 6.07) is 7.75. The summed E-state index contributed by atoms with van der Waals surface area (Å²) in [5, 5.41) is 42.0. The number of nitrogens with two attached hydrogens (primary N) is 1. The fraction of sp³-hybridized carbons (Fsp3) is 0.491. The van der Waals surface area contributed by atoms with Gasteiger partial charge in [0, 0.05) is 80.5 Å². The Hall–Kier alpha value is -7.78. The van der Waals surface area contributed by atoms with Crippen molar-refractivity contribution in [2.75, 3.05) is 24.6 Å². The Balaban J connectivity index is 1.48. The van der Waals surface area contributed by atoms with E-state index in [1.165, 1.54) is 13.8 Å². The lowest BCUT2D eigenvalue weighted by Gasteiger charge is -2.41. The highest BCUT2D eigenvalue weighted by atomic mass is 32.2. The summed E-state index contributed by atoms with van der Waals surface area (Å²) in [6.07, 6.45) is -2.26. The monoisotopic (exact) mass is 1140 g/mol. The Bertz CT molecular complexity index is 2730. The topological polar surface area (TPSA) is 355 Å². The lowest BCUT2D eigenvalue weighted by Crippen LogP contribution is -2.57. The molecular weight excluding hydrogens is 1070 g/mol. The number of aliphatic carboxylic acids is 2. The minimum atomic E-state index is -1.68. The number of carboxylic acid groups (broad SMARTS) is 2. The number of nitrogens with one attached hydrogen (secondary N) is 5. The molecule has 3 aromatic rings. The highest BCUT2D eigenvalue weighted by Gasteiger charge is 2.38. The number of thioether (sulfide) groups is 1. The number of nitrogens with zero attached hydrogens (tertiary/aromatic N) is 3. The van der Waals surface area contributed by atoms with Crippen molar-refractivity contribution in [2.45, 2.75) is 135 Å². The van der Waals surface area contributed by atoms with Gasteiger partial charge in [0.05, 0.1) is 36.7 Å². The highest BCUT2D eigenvalue weighted by molar-refractivity contribution is 7.99. The van der Waals surface area contributed by atoms with E-state index in [0.717, 1.165) is 35.5 Å². The molecule has 1 unspecified atom stereocenters. The molecule has 27 heteroatoms. The molecule has 80 heavy (non-hydrogen) atoms. The van der Waals surface area contributed by atoms with Crippen molar-refractivity contribution in [3.63, 3.8) is 0 Å². The average molecular weight is 1140 g/mol. The van der Waals surface area contributed by atoms with Crippen LogP contribution in [0.25, 0.3) is 11.1 Å². The van der Waals surface area contributed by atoms with Gasteiger partial charge in [-0.15, -0.1) is 5.06 Å². The van der Waals surface area contributed by atoms with Crippen molar-refractivity contribution in [3.8, 4) is 11.1 Å². The van der Waals surface area contributed by atoms with Crippen LogP contribution in [0, 0.1) is 17.0 Å². The first-order chi connectivity index (χ1) is 37.6. The first kappa shape index (κ1) is 64.7. The number of amides is 8. The van der Waals surface area contributed by atoms with Crippen LogP contribution >= 0.6 is 11.8 Å². The maximum Gasteiger partial charge on any atom is 0.333 e. The third kappa shape index (κ3) is 20.5. The SMILES string of the molecule is C[C@H](NC(=O)CCCC(=O)ON1C(=O)CCC1=O)C(O)N[C@H](C)C(=O)N[C@@H](CC(N)=O)C(=O)NCCCN(C(=O)CSCCC(=O)N[C@H](CC(=O)O)C(=O)O)[C@@H](c1cc(-c2cc(F)ccc2F)cn1Cc1ccccc1)C(C)(C)C. The van der Waals surface area contributed by atoms with Gasteiger partial charge in [-0.05, 0) is 61.9 Å². The van der Waals surface area contributed by atoms with E-state index in [2.05, 4.69) is 26.6 Å². The van der Waals surface area contributed by atoms with Crippen LogP contribution in [-0.2, 0) is 64.1 Å². The number of aromatic nitrogens is 1. The maximum absolute atomic E-state index is 15.4. The molecule has 0 bridgehead atoms. The Morgan fingerprint density at radius 3 is 2.11 bits per heavy atom. The molecule has 1 fully saturated rings. The van der Waals surface area contributed by atoms with Crippen LogP contribution in [0.15, 0.2) is 60.8 Å².